The number of ketones is 1. The van der Waals surface area contributed by atoms with E-state index in [1.54, 1.807) is 12.1 Å². The summed E-state index contributed by atoms with van der Waals surface area (Å²) in [5.41, 5.74) is -0.377. The molecule has 0 spiro atoms. The predicted molar refractivity (Wildman–Crippen MR) is 110 cm³/mol. The monoisotopic (exact) mass is 457 g/mol. The minimum Gasteiger partial charge on any atom is -0.356 e. The zero-order valence-corrected chi connectivity index (χ0v) is 16.7. The van der Waals surface area contributed by atoms with Crippen LogP contribution in [0.25, 0.3) is 22.1 Å². The lowest BCUT2D eigenvalue weighted by molar-refractivity contribution is 0.103. The summed E-state index contributed by atoms with van der Waals surface area (Å²) in [5, 5.41) is 0.462. The number of nitrogens with zero attached hydrogens (tertiary/aromatic N) is 3. The van der Waals surface area contributed by atoms with Gasteiger partial charge in [-0.3, -0.25) is 9.59 Å². The van der Waals surface area contributed by atoms with Crippen LogP contribution < -0.4 is 5.56 Å². The van der Waals surface area contributed by atoms with Gasteiger partial charge in [-0.2, -0.15) is 0 Å². The molecule has 0 atom stereocenters. The van der Waals surface area contributed by atoms with E-state index < -0.39 is 34.4 Å². The maximum Gasteiger partial charge on any atom is 0.275 e. The molecule has 0 fully saturated rings. The van der Waals surface area contributed by atoms with Crippen LogP contribution in [0, 0.1) is 17.5 Å². The van der Waals surface area contributed by atoms with Gasteiger partial charge in [-0.1, -0.05) is 11.6 Å². The third-order valence-electron chi connectivity index (χ3n) is 4.98. The number of benzene rings is 1. The molecule has 0 aliphatic carbocycles. The number of carbonyl (C=O) groups is 1. The quantitative estimate of drug-likeness (QED) is 0.315. The van der Waals surface area contributed by atoms with Crippen molar-refractivity contribution in [2.75, 3.05) is 0 Å². The number of carbonyl (C=O) groups excluding carboxylic acids is 1. The van der Waals surface area contributed by atoms with Gasteiger partial charge in [0, 0.05) is 35.5 Å². The lowest BCUT2D eigenvalue weighted by Crippen LogP contribution is -2.20. The molecule has 7 nitrogen and oxygen atoms in total. The molecular formula is C21H11ClF3N5O2. The second-order valence-corrected chi connectivity index (χ2v) is 7.39. The van der Waals surface area contributed by atoms with E-state index in [1.165, 1.54) is 23.0 Å². The smallest absolute Gasteiger partial charge is 0.275 e. The number of imidazole rings is 1. The van der Waals surface area contributed by atoms with Gasteiger partial charge in [-0.05, 0) is 18.2 Å². The highest BCUT2D eigenvalue weighted by Gasteiger charge is 2.24. The largest absolute Gasteiger partial charge is 0.356 e. The SMILES string of the molecule is O=C(c1c(F)cc(F)cc1F)c1c[nH]c2c(=O)n(Cc3nc4nc(Cl)ccc4[nH]3)ccc12. The molecule has 0 unspecified atom stereocenters. The summed E-state index contributed by atoms with van der Waals surface area (Å²) in [4.78, 5) is 39.7. The van der Waals surface area contributed by atoms with Crippen LogP contribution in [0.3, 0.4) is 0 Å². The Morgan fingerprint density at radius 1 is 1.09 bits per heavy atom. The molecule has 5 rings (SSSR count). The Labute approximate surface area is 181 Å². The van der Waals surface area contributed by atoms with Crippen molar-refractivity contribution in [2.24, 2.45) is 0 Å². The molecule has 4 heterocycles. The summed E-state index contributed by atoms with van der Waals surface area (Å²) in [6.45, 7) is 0.0757. The van der Waals surface area contributed by atoms with Crippen LogP contribution >= 0.6 is 11.6 Å². The van der Waals surface area contributed by atoms with Gasteiger partial charge >= 0.3 is 0 Å². The Hall–Kier alpha value is -3.92. The van der Waals surface area contributed by atoms with Crippen molar-refractivity contribution < 1.29 is 18.0 Å². The Bertz CT molecular complexity index is 1580. The average Bonchev–Trinajstić information content (AvgIpc) is 3.33. The molecule has 32 heavy (non-hydrogen) atoms. The van der Waals surface area contributed by atoms with Gasteiger partial charge < -0.3 is 14.5 Å². The molecule has 5 aromatic rings. The number of halogens is 4. The molecule has 160 valence electrons. The minimum atomic E-state index is -1.33. The zero-order valence-electron chi connectivity index (χ0n) is 15.9. The van der Waals surface area contributed by atoms with Crippen LogP contribution in [-0.4, -0.2) is 30.3 Å². The van der Waals surface area contributed by atoms with Crippen LogP contribution in [0.1, 0.15) is 21.7 Å². The van der Waals surface area contributed by atoms with Gasteiger partial charge in [0.05, 0.1) is 17.6 Å². The highest BCUT2D eigenvalue weighted by Crippen LogP contribution is 2.23. The summed E-state index contributed by atoms with van der Waals surface area (Å²) >= 11 is 5.86. The molecule has 11 heteroatoms. The molecule has 0 amide bonds. The predicted octanol–water partition coefficient (Wildman–Crippen LogP) is 3.95. The molecule has 1 aromatic carbocycles. The third kappa shape index (κ3) is 3.25. The normalized spacial score (nSPS) is 11.5. The number of pyridine rings is 2. The zero-order chi connectivity index (χ0) is 22.6. The first-order valence-corrected chi connectivity index (χ1v) is 9.60. The molecule has 2 N–H and O–H groups in total. The fourth-order valence-corrected chi connectivity index (χ4v) is 3.67. The maximum atomic E-state index is 14.1. The van der Waals surface area contributed by atoms with Crippen LogP contribution in [0.4, 0.5) is 13.2 Å². The van der Waals surface area contributed by atoms with Gasteiger partial charge in [-0.25, -0.2) is 23.1 Å². The number of fused-ring (bicyclic) bond motifs is 2. The number of hydrogen-bond acceptors (Lipinski definition) is 4. The van der Waals surface area contributed by atoms with E-state index >= 15 is 0 Å². The molecule has 0 aliphatic rings. The summed E-state index contributed by atoms with van der Waals surface area (Å²) < 4.78 is 42.6. The van der Waals surface area contributed by atoms with E-state index in [9.17, 15) is 22.8 Å². The summed E-state index contributed by atoms with van der Waals surface area (Å²) in [6.07, 6.45) is 2.62. The Balaban J connectivity index is 1.53. The van der Waals surface area contributed by atoms with E-state index in [4.69, 9.17) is 11.6 Å². The Morgan fingerprint density at radius 2 is 1.84 bits per heavy atom. The van der Waals surface area contributed by atoms with Crippen molar-refractivity contribution in [1.29, 1.82) is 0 Å². The molecular weight excluding hydrogens is 447 g/mol. The first-order chi connectivity index (χ1) is 15.3. The fraction of sp³-hybridized carbons (Fsp3) is 0.0476. The van der Waals surface area contributed by atoms with Gasteiger partial charge in [-0.15, -0.1) is 0 Å². The Morgan fingerprint density at radius 3 is 2.59 bits per heavy atom. The van der Waals surface area contributed by atoms with E-state index in [2.05, 4.69) is 19.9 Å². The Kier molecular flexibility index (Phi) is 4.59. The number of hydrogen-bond donors (Lipinski definition) is 2. The van der Waals surface area contributed by atoms with Crippen molar-refractivity contribution in [3.8, 4) is 0 Å². The fourth-order valence-electron chi connectivity index (χ4n) is 3.52. The van der Waals surface area contributed by atoms with E-state index in [1.807, 2.05) is 0 Å². The van der Waals surface area contributed by atoms with Crippen LogP contribution in [-0.2, 0) is 6.54 Å². The maximum absolute atomic E-state index is 14.1. The van der Waals surface area contributed by atoms with Gasteiger partial charge in [0.25, 0.3) is 5.56 Å². The summed E-state index contributed by atoms with van der Waals surface area (Å²) in [5.74, 6) is -4.35. The number of aromatic nitrogens is 5. The lowest BCUT2D eigenvalue weighted by atomic mass is 10.0. The van der Waals surface area contributed by atoms with Gasteiger partial charge in [0.2, 0.25) is 5.78 Å². The van der Waals surface area contributed by atoms with E-state index in [0.29, 0.717) is 29.1 Å². The number of H-pyrrole nitrogens is 2. The van der Waals surface area contributed by atoms with Crippen molar-refractivity contribution in [3.63, 3.8) is 0 Å². The van der Waals surface area contributed by atoms with Gasteiger partial charge in [0.15, 0.2) is 5.65 Å². The third-order valence-corrected chi connectivity index (χ3v) is 5.19. The van der Waals surface area contributed by atoms with Gasteiger partial charge in [0.1, 0.15) is 33.9 Å². The van der Waals surface area contributed by atoms with Crippen LogP contribution in [0.2, 0.25) is 5.15 Å². The summed E-state index contributed by atoms with van der Waals surface area (Å²) in [6, 6.07) is 5.64. The average molecular weight is 458 g/mol. The molecule has 4 aromatic heterocycles. The molecule has 0 aliphatic heterocycles. The van der Waals surface area contributed by atoms with E-state index in [0.717, 1.165) is 0 Å². The lowest BCUT2D eigenvalue weighted by Gasteiger charge is -2.05. The first-order valence-electron chi connectivity index (χ1n) is 9.22. The highest BCUT2D eigenvalue weighted by atomic mass is 35.5. The topological polar surface area (TPSA) is 96.4 Å². The van der Waals surface area contributed by atoms with E-state index in [-0.39, 0.29) is 28.2 Å². The molecule has 0 saturated carbocycles. The standard InChI is InChI=1S/C21H11ClF3N5O2/c22-15-2-1-14-20(28-15)29-16(27-14)8-30-4-3-10-11(7-26-18(10)21(30)32)19(31)17-12(24)5-9(23)6-13(17)25/h1-7,26H,8H2,(H,27,28,29). The minimum absolute atomic E-state index is 0.0658. The highest BCUT2D eigenvalue weighted by molar-refractivity contribution is 6.29. The first kappa shape index (κ1) is 20.0. The second-order valence-electron chi connectivity index (χ2n) is 7.00. The van der Waals surface area contributed by atoms with Crippen molar-refractivity contribution in [1.82, 2.24) is 24.5 Å². The van der Waals surface area contributed by atoms with Crippen molar-refractivity contribution >= 4 is 39.5 Å². The molecule has 0 bridgehead atoms. The summed E-state index contributed by atoms with van der Waals surface area (Å²) in [7, 11) is 0. The number of nitrogens with one attached hydrogen (secondary N) is 2. The number of rotatable bonds is 4. The molecule has 0 saturated heterocycles. The van der Waals surface area contributed by atoms with Crippen molar-refractivity contribution in [3.05, 3.63) is 92.6 Å². The molecule has 0 radical (unpaired) electrons. The van der Waals surface area contributed by atoms with Crippen LogP contribution in [0.15, 0.2) is 47.5 Å². The van der Waals surface area contributed by atoms with Crippen molar-refractivity contribution in [2.45, 2.75) is 6.54 Å². The van der Waals surface area contributed by atoms with Crippen LogP contribution in [0.5, 0.6) is 0 Å². The number of aromatic amines is 2. The second kappa shape index (κ2) is 7.34.